The lowest BCUT2D eigenvalue weighted by Crippen LogP contribution is -2.26. The molecule has 0 saturated carbocycles. The predicted molar refractivity (Wildman–Crippen MR) is 55.3 cm³/mol. The topological polar surface area (TPSA) is 24.9 Å². The van der Waals surface area contributed by atoms with Crippen LogP contribution in [0.3, 0.4) is 0 Å². The number of halogens is 1. The van der Waals surface area contributed by atoms with Crippen molar-refractivity contribution in [2.75, 3.05) is 5.32 Å². The lowest BCUT2D eigenvalue weighted by molar-refractivity contribution is 0.630. The summed E-state index contributed by atoms with van der Waals surface area (Å²) in [5, 5.41) is 3.29. The molecule has 0 atom stereocenters. The molecule has 0 aliphatic carbocycles. The van der Waals surface area contributed by atoms with Gasteiger partial charge in [0.25, 0.3) is 0 Å². The highest BCUT2D eigenvalue weighted by atomic mass is 79.9. The monoisotopic (exact) mass is 228 g/mol. The average Bonchev–Trinajstić information content (AvgIpc) is 1.91. The first-order valence-electron chi connectivity index (χ1n) is 3.88. The maximum Gasteiger partial charge on any atom is 0.140 e. The molecule has 0 aromatic carbocycles. The number of aromatic nitrogens is 1. The predicted octanol–water partition coefficient (Wildman–Crippen LogP) is 3.05. The van der Waals surface area contributed by atoms with Crippen molar-refractivity contribution in [3.8, 4) is 0 Å². The fourth-order valence-corrected chi connectivity index (χ4v) is 1.19. The highest BCUT2D eigenvalue weighted by Crippen LogP contribution is 2.21. The smallest absolute Gasteiger partial charge is 0.140 e. The van der Waals surface area contributed by atoms with Gasteiger partial charge < -0.3 is 5.32 Å². The summed E-state index contributed by atoms with van der Waals surface area (Å²) >= 11 is 3.42. The second-order valence-electron chi connectivity index (χ2n) is 3.71. The minimum Gasteiger partial charge on any atom is -0.365 e. The molecule has 1 heterocycles. The number of hydrogen-bond acceptors (Lipinski definition) is 2. The van der Waals surface area contributed by atoms with Gasteiger partial charge in [-0.1, -0.05) is 0 Å². The molecule has 1 aromatic rings. The second kappa shape index (κ2) is 3.44. The maximum atomic E-state index is 4.21. The van der Waals surface area contributed by atoms with Crippen LogP contribution < -0.4 is 5.32 Å². The van der Waals surface area contributed by atoms with Crippen molar-refractivity contribution in [3.63, 3.8) is 0 Å². The largest absolute Gasteiger partial charge is 0.365 e. The summed E-state index contributed by atoms with van der Waals surface area (Å²) in [6.07, 6.45) is 1.78. The standard InChI is InChI=1S/C9H13BrN2/c1-9(2,3)12-8-7(10)5-4-6-11-8/h4-6H,1-3H3,(H,11,12). The van der Waals surface area contributed by atoms with Crippen molar-refractivity contribution in [2.24, 2.45) is 0 Å². The molecule has 0 radical (unpaired) electrons. The summed E-state index contributed by atoms with van der Waals surface area (Å²) < 4.78 is 1.000. The summed E-state index contributed by atoms with van der Waals surface area (Å²) in [4.78, 5) is 4.21. The van der Waals surface area contributed by atoms with E-state index < -0.39 is 0 Å². The Labute approximate surface area is 81.5 Å². The molecule has 0 aliphatic heterocycles. The zero-order chi connectivity index (χ0) is 9.19. The quantitative estimate of drug-likeness (QED) is 0.800. The van der Waals surface area contributed by atoms with Crippen LogP contribution in [0, 0.1) is 0 Å². The van der Waals surface area contributed by atoms with Crippen molar-refractivity contribution in [1.82, 2.24) is 4.98 Å². The summed E-state index contributed by atoms with van der Waals surface area (Å²) in [7, 11) is 0. The molecule has 0 saturated heterocycles. The van der Waals surface area contributed by atoms with Gasteiger partial charge in [-0.25, -0.2) is 4.98 Å². The van der Waals surface area contributed by atoms with E-state index in [9.17, 15) is 0 Å². The van der Waals surface area contributed by atoms with Gasteiger partial charge in [0.15, 0.2) is 0 Å². The van der Waals surface area contributed by atoms with Crippen LogP contribution in [0.2, 0.25) is 0 Å². The molecule has 3 heteroatoms. The Hall–Kier alpha value is -0.570. The SMILES string of the molecule is CC(C)(C)Nc1ncccc1Br. The first-order chi connectivity index (χ1) is 5.49. The summed E-state index contributed by atoms with van der Waals surface area (Å²) in [5.41, 5.74) is 0.0525. The Morgan fingerprint density at radius 2 is 2.08 bits per heavy atom. The van der Waals surface area contributed by atoms with Gasteiger partial charge in [0, 0.05) is 11.7 Å². The minimum atomic E-state index is 0.0525. The molecule has 1 rings (SSSR count). The van der Waals surface area contributed by atoms with Crippen molar-refractivity contribution in [2.45, 2.75) is 26.3 Å². The van der Waals surface area contributed by atoms with Crippen LogP contribution in [0.1, 0.15) is 20.8 Å². The van der Waals surface area contributed by atoms with E-state index in [1.807, 2.05) is 12.1 Å². The number of nitrogens with one attached hydrogen (secondary N) is 1. The van der Waals surface area contributed by atoms with Gasteiger partial charge in [-0.3, -0.25) is 0 Å². The summed E-state index contributed by atoms with van der Waals surface area (Å²) in [6, 6.07) is 3.87. The van der Waals surface area contributed by atoms with Crippen LogP contribution in [-0.4, -0.2) is 10.5 Å². The summed E-state index contributed by atoms with van der Waals surface area (Å²) in [6.45, 7) is 6.32. The first-order valence-corrected chi connectivity index (χ1v) is 4.67. The molecule has 1 N–H and O–H groups in total. The number of hydrogen-bond donors (Lipinski definition) is 1. The number of pyridine rings is 1. The van der Waals surface area contributed by atoms with Gasteiger partial charge in [0.1, 0.15) is 5.82 Å². The van der Waals surface area contributed by atoms with Crippen molar-refractivity contribution in [1.29, 1.82) is 0 Å². The van der Waals surface area contributed by atoms with E-state index in [1.54, 1.807) is 6.20 Å². The average molecular weight is 229 g/mol. The van der Waals surface area contributed by atoms with Gasteiger partial charge in [0.05, 0.1) is 4.47 Å². The highest BCUT2D eigenvalue weighted by Gasteiger charge is 2.11. The van der Waals surface area contributed by atoms with E-state index >= 15 is 0 Å². The minimum absolute atomic E-state index is 0.0525. The molecule has 1 aromatic heterocycles. The Morgan fingerprint density at radius 1 is 1.42 bits per heavy atom. The van der Waals surface area contributed by atoms with E-state index in [4.69, 9.17) is 0 Å². The number of rotatable bonds is 1. The third-order valence-electron chi connectivity index (χ3n) is 1.25. The highest BCUT2D eigenvalue weighted by molar-refractivity contribution is 9.10. The van der Waals surface area contributed by atoms with Gasteiger partial charge in [-0.05, 0) is 48.8 Å². The van der Waals surface area contributed by atoms with Crippen molar-refractivity contribution >= 4 is 21.7 Å². The van der Waals surface area contributed by atoms with Crippen LogP contribution in [0.4, 0.5) is 5.82 Å². The third kappa shape index (κ3) is 2.81. The van der Waals surface area contributed by atoms with Gasteiger partial charge >= 0.3 is 0 Å². The Morgan fingerprint density at radius 3 is 2.58 bits per heavy atom. The lowest BCUT2D eigenvalue weighted by Gasteiger charge is -2.21. The Balaban J connectivity index is 2.83. The first kappa shape index (κ1) is 9.52. The van der Waals surface area contributed by atoms with Crippen LogP contribution in [0.5, 0.6) is 0 Å². The van der Waals surface area contributed by atoms with Gasteiger partial charge in [-0.2, -0.15) is 0 Å². The molecule has 0 aliphatic rings. The third-order valence-corrected chi connectivity index (χ3v) is 1.89. The van der Waals surface area contributed by atoms with Crippen LogP contribution in [0.25, 0.3) is 0 Å². The van der Waals surface area contributed by atoms with E-state index in [-0.39, 0.29) is 5.54 Å². The number of nitrogens with zero attached hydrogens (tertiary/aromatic N) is 1. The number of anilines is 1. The fourth-order valence-electron chi connectivity index (χ4n) is 0.833. The molecule has 12 heavy (non-hydrogen) atoms. The molecular formula is C9H13BrN2. The molecular weight excluding hydrogens is 216 g/mol. The molecule has 66 valence electrons. The molecule has 0 spiro atoms. The maximum absolute atomic E-state index is 4.21. The van der Waals surface area contributed by atoms with Crippen molar-refractivity contribution < 1.29 is 0 Å². The van der Waals surface area contributed by atoms with Crippen LogP contribution >= 0.6 is 15.9 Å². The molecule has 0 unspecified atom stereocenters. The van der Waals surface area contributed by atoms with E-state index in [0.717, 1.165) is 10.3 Å². The molecule has 0 bridgehead atoms. The van der Waals surface area contributed by atoms with Gasteiger partial charge in [-0.15, -0.1) is 0 Å². The lowest BCUT2D eigenvalue weighted by atomic mass is 10.1. The van der Waals surface area contributed by atoms with Crippen molar-refractivity contribution in [3.05, 3.63) is 22.8 Å². The summed E-state index contributed by atoms with van der Waals surface area (Å²) in [5.74, 6) is 0.894. The van der Waals surface area contributed by atoms with E-state index in [0.29, 0.717) is 0 Å². The molecule has 0 fully saturated rings. The Bertz CT molecular complexity index is 265. The van der Waals surface area contributed by atoms with E-state index in [1.165, 1.54) is 0 Å². The Kier molecular flexibility index (Phi) is 2.73. The molecule has 0 amide bonds. The normalized spacial score (nSPS) is 11.3. The zero-order valence-electron chi connectivity index (χ0n) is 7.56. The van der Waals surface area contributed by atoms with Crippen LogP contribution in [0.15, 0.2) is 22.8 Å². The van der Waals surface area contributed by atoms with Gasteiger partial charge in [0.2, 0.25) is 0 Å². The second-order valence-corrected chi connectivity index (χ2v) is 4.56. The fraction of sp³-hybridized carbons (Fsp3) is 0.444. The van der Waals surface area contributed by atoms with Crippen LogP contribution in [-0.2, 0) is 0 Å². The van der Waals surface area contributed by atoms with E-state index in [2.05, 4.69) is 47.0 Å². The zero-order valence-corrected chi connectivity index (χ0v) is 9.14. The molecule has 2 nitrogen and oxygen atoms in total.